The van der Waals surface area contributed by atoms with Crippen LogP contribution in [0.25, 0.3) is 0 Å². The van der Waals surface area contributed by atoms with E-state index in [4.69, 9.17) is 4.74 Å². The lowest BCUT2D eigenvalue weighted by Crippen LogP contribution is -2.41. The third-order valence-electron chi connectivity index (χ3n) is 2.55. The summed E-state index contributed by atoms with van der Waals surface area (Å²) in [5, 5.41) is 12.6. The highest BCUT2D eigenvalue weighted by Gasteiger charge is 2.18. The Labute approximate surface area is 99.4 Å². The van der Waals surface area contributed by atoms with Crippen LogP contribution in [0.3, 0.4) is 0 Å². The molecule has 5 heteroatoms. The molecular weight excluding hydrogens is 228 g/mol. The Morgan fingerprint density at radius 1 is 1.29 bits per heavy atom. The summed E-state index contributed by atoms with van der Waals surface area (Å²) >= 11 is 0. The highest BCUT2D eigenvalue weighted by atomic mass is 19.1. The number of nitrogens with one attached hydrogen (secondary N) is 1. The molecule has 17 heavy (non-hydrogen) atoms. The monoisotopic (exact) mass is 245 g/mol. The van der Waals surface area contributed by atoms with Gasteiger partial charge in [0.15, 0.2) is 0 Å². The van der Waals surface area contributed by atoms with Crippen LogP contribution in [0.5, 0.6) is 0 Å². The van der Waals surface area contributed by atoms with Crippen molar-refractivity contribution in [3.05, 3.63) is 35.4 Å². The summed E-state index contributed by atoms with van der Waals surface area (Å²) in [6, 6.07) is 3.03. The summed E-state index contributed by atoms with van der Waals surface area (Å²) in [7, 11) is 3.16. The molecule has 2 atom stereocenters. The fourth-order valence-corrected chi connectivity index (χ4v) is 1.70. The van der Waals surface area contributed by atoms with Gasteiger partial charge in [-0.25, -0.2) is 8.78 Å². The second-order valence-electron chi connectivity index (χ2n) is 3.90. The molecule has 0 fully saturated rings. The molecule has 96 valence electrons. The Kier molecular flexibility index (Phi) is 5.47. The first-order chi connectivity index (χ1) is 8.06. The normalized spacial score (nSPS) is 14.6. The maximum absolute atomic E-state index is 13.0. The largest absolute Gasteiger partial charge is 0.389 e. The summed E-state index contributed by atoms with van der Waals surface area (Å²) in [5.41, 5.74) is 0.497. The molecule has 0 saturated carbocycles. The third-order valence-corrected chi connectivity index (χ3v) is 2.55. The minimum absolute atomic E-state index is 0.170. The molecule has 3 nitrogen and oxygen atoms in total. The van der Waals surface area contributed by atoms with E-state index in [9.17, 15) is 13.9 Å². The van der Waals surface area contributed by atoms with Crippen LogP contribution < -0.4 is 5.32 Å². The maximum atomic E-state index is 13.0. The zero-order valence-electron chi connectivity index (χ0n) is 9.91. The van der Waals surface area contributed by atoms with Gasteiger partial charge in [-0.1, -0.05) is 0 Å². The van der Waals surface area contributed by atoms with Gasteiger partial charge in [0.2, 0.25) is 0 Å². The number of hydrogen-bond acceptors (Lipinski definition) is 3. The Hall–Kier alpha value is -1.04. The van der Waals surface area contributed by atoms with E-state index in [1.54, 1.807) is 7.05 Å². The molecule has 0 spiro atoms. The van der Waals surface area contributed by atoms with Gasteiger partial charge in [-0.2, -0.15) is 0 Å². The van der Waals surface area contributed by atoms with E-state index in [0.717, 1.165) is 6.07 Å². The number of aliphatic hydroxyl groups excluding tert-OH is 1. The predicted molar refractivity (Wildman–Crippen MR) is 60.8 cm³/mol. The lowest BCUT2D eigenvalue weighted by atomic mass is 10.0. The van der Waals surface area contributed by atoms with E-state index in [1.165, 1.54) is 19.2 Å². The van der Waals surface area contributed by atoms with Gasteiger partial charge in [-0.15, -0.1) is 0 Å². The van der Waals surface area contributed by atoms with Crippen molar-refractivity contribution < 1.29 is 18.6 Å². The van der Waals surface area contributed by atoms with Crippen LogP contribution in [0.15, 0.2) is 18.2 Å². The van der Waals surface area contributed by atoms with E-state index in [0.29, 0.717) is 12.0 Å². The van der Waals surface area contributed by atoms with Crippen LogP contribution in [0.4, 0.5) is 8.78 Å². The molecule has 1 unspecified atom stereocenters. The minimum atomic E-state index is -0.726. The topological polar surface area (TPSA) is 41.5 Å². The van der Waals surface area contributed by atoms with Crippen LogP contribution in [0, 0.1) is 11.6 Å². The first-order valence-corrected chi connectivity index (χ1v) is 5.36. The van der Waals surface area contributed by atoms with Gasteiger partial charge in [0.25, 0.3) is 0 Å². The van der Waals surface area contributed by atoms with Gasteiger partial charge in [0.05, 0.1) is 12.7 Å². The van der Waals surface area contributed by atoms with E-state index < -0.39 is 17.7 Å². The number of likely N-dealkylation sites (N-methyl/N-ethyl adjacent to an activating group) is 1. The number of hydrogen-bond donors (Lipinski definition) is 2. The van der Waals surface area contributed by atoms with Crippen LogP contribution in [-0.2, 0) is 11.2 Å². The van der Waals surface area contributed by atoms with E-state index in [2.05, 4.69) is 5.32 Å². The summed E-state index contributed by atoms with van der Waals surface area (Å²) in [6.45, 7) is 0.170. The molecule has 1 aromatic rings. The number of rotatable bonds is 6. The first kappa shape index (κ1) is 14.0. The van der Waals surface area contributed by atoms with Crippen molar-refractivity contribution in [1.29, 1.82) is 0 Å². The van der Waals surface area contributed by atoms with Gasteiger partial charge < -0.3 is 15.2 Å². The molecule has 0 bridgehead atoms. The van der Waals surface area contributed by atoms with Crippen molar-refractivity contribution in [1.82, 2.24) is 5.32 Å². The number of ether oxygens (including phenoxy) is 1. The molecule has 0 aliphatic heterocycles. The number of methoxy groups -OCH3 is 1. The molecule has 0 aliphatic carbocycles. The minimum Gasteiger partial charge on any atom is -0.389 e. The summed E-state index contributed by atoms with van der Waals surface area (Å²) in [4.78, 5) is 0. The zero-order valence-corrected chi connectivity index (χ0v) is 9.91. The second kappa shape index (κ2) is 6.64. The molecule has 0 heterocycles. The van der Waals surface area contributed by atoms with E-state index in [1.807, 2.05) is 0 Å². The zero-order chi connectivity index (χ0) is 12.8. The molecule has 0 radical (unpaired) electrons. The SMILES string of the molecule is CN[C@@H](Cc1cc(F)cc(F)c1)C(O)COC. The molecule has 0 aliphatic rings. The lowest BCUT2D eigenvalue weighted by molar-refractivity contribution is 0.0407. The average molecular weight is 245 g/mol. The molecule has 1 aromatic carbocycles. The van der Waals surface area contributed by atoms with Crippen molar-refractivity contribution in [3.8, 4) is 0 Å². The predicted octanol–water partition coefficient (Wildman–Crippen LogP) is 1.10. The number of halogens is 2. The summed E-state index contributed by atoms with van der Waals surface area (Å²) in [6.07, 6.45) is -0.397. The average Bonchev–Trinajstić information content (AvgIpc) is 2.24. The maximum Gasteiger partial charge on any atom is 0.126 e. The highest BCUT2D eigenvalue weighted by molar-refractivity contribution is 5.19. The molecule has 0 amide bonds. The van der Waals surface area contributed by atoms with Crippen LogP contribution in [-0.4, -0.2) is 38.0 Å². The quantitative estimate of drug-likeness (QED) is 0.788. The van der Waals surface area contributed by atoms with Gasteiger partial charge in [0.1, 0.15) is 11.6 Å². The van der Waals surface area contributed by atoms with E-state index in [-0.39, 0.29) is 12.6 Å². The van der Waals surface area contributed by atoms with Crippen LogP contribution in [0.1, 0.15) is 5.56 Å². The van der Waals surface area contributed by atoms with Crippen molar-refractivity contribution in [3.63, 3.8) is 0 Å². The molecule has 0 aromatic heterocycles. The van der Waals surface area contributed by atoms with Crippen molar-refractivity contribution >= 4 is 0 Å². The number of aliphatic hydroxyl groups is 1. The van der Waals surface area contributed by atoms with Gasteiger partial charge in [-0.3, -0.25) is 0 Å². The van der Waals surface area contributed by atoms with Crippen molar-refractivity contribution in [2.45, 2.75) is 18.6 Å². The fraction of sp³-hybridized carbons (Fsp3) is 0.500. The Bertz CT molecular complexity index is 340. The van der Waals surface area contributed by atoms with Crippen molar-refractivity contribution in [2.75, 3.05) is 20.8 Å². The molecular formula is C12H17F2NO2. The Morgan fingerprint density at radius 2 is 1.88 bits per heavy atom. The smallest absolute Gasteiger partial charge is 0.126 e. The summed E-state index contributed by atoms with van der Waals surface area (Å²) < 4.78 is 30.8. The van der Waals surface area contributed by atoms with Gasteiger partial charge in [-0.05, 0) is 31.2 Å². The number of benzene rings is 1. The fourth-order valence-electron chi connectivity index (χ4n) is 1.70. The van der Waals surface area contributed by atoms with Crippen LogP contribution >= 0.6 is 0 Å². The third kappa shape index (κ3) is 4.38. The van der Waals surface area contributed by atoms with Gasteiger partial charge in [0, 0.05) is 19.2 Å². The second-order valence-corrected chi connectivity index (χ2v) is 3.90. The van der Waals surface area contributed by atoms with Crippen LogP contribution in [0.2, 0.25) is 0 Å². The lowest BCUT2D eigenvalue weighted by Gasteiger charge is -2.22. The van der Waals surface area contributed by atoms with Gasteiger partial charge >= 0.3 is 0 Å². The van der Waals surface area contributed by atoms with Crippen molar-refractivity contribution in [2.24, 2.45) is 0 Å². The first-order valence-electron chi connectivity index (χ1n) is 5.36. The Balaban J connectivity index is 2.73. The van der Waals surface area contributed by atoms with E-state index >= 15 is 0 Å². The standard InChI is InChI=1S/C12H17F2NO2/c1-15-11(12(16)7-17-2)5-8-3-9(13)6-10(14)4-8/h3-4,6,11-12,15-16H,5,7H2,1-2H3/t11-,12?/m0/s1. The molecule has 1 rings (SSSR count). The molecule has 2 N–H and O–H groups in total. The summed E-state index contributed by atoms with van der Waals surface area (Å²) in [5.74, 6) is -1.23. The molecule has 0 saturated heterocycles. The Morgan fingerprint density at radius 3 is 2.35 bits per heavy atom. The highest BCUT2D eigenvalue weighted by Crippen LogP contribution is 2.11.